The largest absolute Gasteiger partial charge is 0.495 e. The number of hydrogen-bond donors (Lipinski definition) is 1. The molecule has 1 heterocycles. The molecule has 4 nitrogen and oxygen atoms in total. The van der Waals surface area contributed by atoms with Crippen molar-refractivity contribution in [3.8, 4) is 17.0 Å². The van der Waals surface area contributed by atoms with Gasteiger partial charge in [0.2, 0.25) is 0 Å². The van der Waals surface area contributed by atoms with Gasteiger partial charge in [0.25, 0.3) is 5.91 Å². The number of carbonyl (C=O) groups excluding carboxylic acids is 1. The van der Waals surface area contributed by atoms with Crippen molar-refractivity contribution < 1.29 is 9.53 Å². The maximum atomic E-state index is 12.3. The standard InChI is InChI=1S/C19H15ClN2O2/c1-24-18-10-9-15(12-16(18)20)22-19(23)14-7-5-13(6-8-14)17-4-2-3-11-21-17/h2-12H,1H3,(H,22,23). The van der Waals surface area contributed by atoms with E-state index in [-0.39, 0.29) is 5.91 Å². The molecule has 0 aliphatic rings. The number of hydrogen-bond acceptors (Lipinski definition) is 3. The van der Waals surface area contributed by atoms with E-state index < -0.39 is 0 Å². The molecule has 1 N–H and O–H groups in total. The molecule has 2 aromatic carbocycles. The minimum absolute atomic E-state index is 0.205. The first-order chi connectivity index (χ1) is 11.7. The molecule has 0 saturated carbocycles. The molecule has 0 fully saturated rings. The predicted octanol–water partition coefficient (Wildman–Crippen LogP) is 4.66. The van der Waals surface area contributed by atoms with E-state index in [9.17, 15) is 4.79 Å². The highest BCUT2D eigenvalue weighted by Gasteiger charge is 2.08. The summed E-state index contributed by atoms with van der Waals surface area (Å²) in [7, 11) is 1.54. The van der Waals surface area contributed by atoms with Crippen LogP contribution in [0.3, 0.4) is 0 Å². The average Bonchev–Trinajstić information content (AvgIpc) is 2.63. The van der Waals surface area contributed by atoms with E-state index in [1.807, 2.05) is 30.3 Å². The number of benzene rings is 2. The number of nitrogens with one attached hydrogen (secondary N) is 1. The molecule has 0 spiro atoms. The number of rotatable bonds is 4. The van der Waals surface area contributed by atoms with Gasteiger partial charge in [-0.3, -0.25) is 9.78 Å². The first kappa shape index (κ1) is 16.0. The van der Waals surface area contributed by atoms with Crippen LogP contribution in [0, 0.1) is 0 Å². The highest BCUT2D eigenvalue weighted by Crippen LogP contribution is 2.27. The van der Waals surface area contributed by atoms with Crippen molar-refractivity contribution in [2.24, 2.45) is 0 Å². The molecule has 0 radical (unpaired) electrons. The molecule has 0 atom stereocenters. The number of methoxy groups -OCH3 is 1. The van der Waals surface area contributed by atoms with Gasteiger partial charge in [-0.15, -0.1) is 0 Å². The van der Waals surface area contributed by atoms with Gasteiger partial charge in [0.1, 0.15) is 5.75 Å². The van der Waals surface area contributed by atoms with Crippen LogP contribution in [-0.4, -0.2) is 18.0 Å². The van der Waals surface area contributed by atoms with Crippen LogP contribution in [0.1, 0.15) is 10.4 Å². The second kappa shape index (κ2) is 7.15. The first-order valence-electron chi connectivity index (χ1n) is 7.34. The number of amides is 1. The number of nitrogens with zero attached hydrogens (tertiary/aromatic N) is 1. The van der Waals surface area contributed by atoms with Crippen LogP contribution >= 0.6 is 11.6 Å². The summed E-state index contributed by atoms with van der Waals surface area (Å²) in [5.74, 6) is 0.359. The second-order valence-electron chi connectivity index (χ2n) is 5.10. The number of aromatic nitrogens is 1. The average molecular weight is 339 g/mol. The monoisotopic (exact) mass is 338 g/mol. The molecule has 1 aromatic heterocycles. The van der Waals surface area contributed by atoms with Crippen molar-refractivity contribution in [2.45, 2.75) is 0 Å². The van der Waals surface area contributed by atoms with Gasteiger partial charge < -0.3 is 10.1 Å². The number of ether oxygens (including phenoxy) is 1. The molecular formula is C19H15ClN2O2. The number of pyridine rings is 1. The lowest BCUT2D eigenvalue weighted by molar-refractivity contribution is 0.102. The Morgan fingerprint density at radius 1 is 1.08 bits per heavy atom. The Morgan fingerprint density at radius 3 is 2.50 bits per heavy atom. The van der Waals surface area contributed by atoms with E-state index >= 15 is 0 Å². The second-order valence-corrected chi connectivity index (χ2v) is 5.50. The maximum Gasteiger partial charge on any atom is 0.255 e. The van der Waals surface area contributed by atoms with Crippen molar-refractivity contribution in [3.05, 3.63) is 77.4 Å². The third-order valence-corrected chi connectivity index (χ3v) is 3.81. The van der Waals surface area contributed by atoms with Gasteiger partial charge in [-0.25, -0.2) is 0 Å². The van der Waals surface area contributed by atoms with Crippen LogP contribution in [0.2, 0.25) is 5.02 Å². The summed E-state index contributed by atoms with van der Waals surface area (Å²) in [6.45, 7) is 0. The number of anilines is 1. The molecule has 3 rings (SSSR count). The minimum atomic E-state index is -0.205. The normalized spacial score (nSPS) is 10.2. The van der Waals surface area contributed by atoms with Gasteiger partial charge in [0.15, 0.2) is 0 Å². The van der Waals surface area contributed by atoms with Crippen molar-refractivity contribution in [1.29, 1.82) is 0 Å². The fourth-order valence-corrected chi connectivity index (χ4v) is 2.53. The van der Waals surface area contributed by atoms with Crippen LogP contribution in [0.15, 0.2) is 66.9 Å². The topological polar surface area (TPSA) is 51.2 Å². The molecule has 5 heteroatoms. The summed E-state index contributed by atoms with van der Waals surface area (Å²) in [6.07, 6.45) is 1.74. The summed E-state index contributed by atoms with van der Waals surface area (Å²) in [5, 5.41) is 3.26. The van der Waals surface area contributed by atoms with E-state index in [1.165, 1.54) is 0 Å². The molecule has 3 aromatic rings. The Kier molecular flexibility index (Phi) is 4.77. The maximum absolute atomic E-state index is 12.3. The van der Waals surface area contributed by atoms with Gasteiger partial charge >= 0.3 is 0 Å². The lowest BCUT2D eigenvalue weighted by atomic mass is 10.1. The predicted molar refractivity (Wildman–Crippen MR) is 95.6 cm³/mol. The smallest absolute Gasteiger partial charge is 0.255 e. The molecule has 0 aliphatic heterocycles. The van der Waals surface area contributed by atoms with Crippen molar-refractivity contribution in [2.75, 3.05) is 12.4 Å². The summed E-state index contributed by atoms with van der Waals surface area (Å²) >= 11 is 6.06. The van der Waals surface area contributed by atoms with Gasteiger partial charge in [-0.2, -0.15) is 0 Å². The lowest BCUT2D eigenvalue weighted by Gasteiger charge is -2.08. The molecule has 0 aliphatic carbocycles. The molecular weight excluding hydrogens is 324 g/mol. The van der Waals surface area contributed by atoms with E-state index in [0.717, 1.165) is 11.3 Å². The molecule has 0 saturated heterocycles. The van der Waals surface area contributed by atoms with Gasteiger partial charge in [0.05, 0.1) is 17.8 Å². The summed E-state index contributed by atoms with van der Waals surface area (Å²) in [5.41, 5.74) is 2.99. The van der Waals surface area contributed by atoms with E-state index in [2.05, 4.69) is 10.3 Å². The Bertz CT molecular complexity index is 849. The quantitative estimate of drug-likeness (QED) is 0.752. The zero-order valence-electron chi connectivity index (χ0n) is 13.0. The summed E-state index contributed by atoms with van der Waals surface area (Å²) in [4.78, 5) is 16.6. The van der Waals surface area contributed by atoms with Crippen molar-refractivity contribution >= 4 is 23.2 Å². The summed E-state index contributed by atoms with van der Waals surface area (Å²) < 4.78 is 5.09. The Labute approximate surface area is 145 Å². The first-order valence-corrected chi connectivity index (χ1v) is 7.71. The highest BCUT2D eigenvalue weighted by molar-refractivity contribution is 6.32. The van der Waals surface area contributed by atoms with Gasteiger partial charge in [0, 0.05) is 23.0 Å². The van der Waals surface area contributed by atoms with Gasteiger partial charge in [-0.1, -0.05) is 29.8 Å². The van der Waals surface area contributed by atoms with Crippen LogP contribution in [0.25, 0.3) is 11.3 Å². The fraction of sp³-hybridized carbons (Fsp3) is 0.0526. The molecule has 24 heavy (non-hydrogen) atoms. The highest BCUT2D eigenvalue weighted by atomic mass is 35.5. The fourth-order valence-electron chi connectivity index (χ4n) is 2.27. The van der Waals surface area contributed by atoms with E-state index in [0.29, 0.717) is 22.0 Å². The van der Waals surface area contributed by atoms with Crippen LogP contribution in [0.4, 0.5) is 5.69 Å². The van der Waals surface area contributed by atoms with Crippen LogP contribution < -0.4 is 10.1 Å². The molecule has 0 unspecified atom stereocenters. The number of carbonyl (C=O) groups is 1. The molecule has 120 valence electrons. The zero-order valence-corrected chi connectivity index (χ0v) is 13.7. The van der Waals surface area contributed by atoms with E-state index in [1.54, 1.807) is 43.6 Å². The molecule has 0 bridgehead atoms. The minimum Gasteiger partial charge on any atom is -0.495 e. The Morgan fingerprint density at radius 2 is 1.88 bits per heavy atom. The third-order valence-electron chi connectivity index (χ3n) is 3.52. The van der Waals surface area contributed by atoms with Gasteiger partial charge in [-0.05, 0) is 42.5 Å². The molecule has 1 amide bonds. The lowest BCUT2D eigenvalue weighted by Crippen LogP contribution is -2.11. The Balaban J connectivity index is 1.75. The van der Waals surface area contributed by atoms with Crippen molar-refractivity contribution in [1.82, 2.24) is 4.98 Å². The van der Waals surface area contributed by atoms with Crippen LogP contribution in [-0.2, 0) is 0 Å². The third kappa shape index (κ3) is 3.55. The van der Waals surface area contributed by atoms with Crippen LogP contribution in [0.5, 0.6) is 5.75 Å². The van der Waals surface area contributed by atoms with Crippen molar-refractivity contribution in [3.63, 3.8) is 0 Å². The summed E-state index contributed by atoms with van der Waals surface area (Å²) in [6, 6.07) is 18.1. The SMILES string of the molecule is COc1ccc(NC(=O)c2ccc(-c3ccccn3)cc2)cc1Cl. The Hall–Kier alpha value is -2.85. The zero-order chi connectivity index (χ0) is 16.9. The van der Waals surface area contributed by atoms with E-state index in [4.69, 9.17) is 16.3 Å². The number of halogens is 1.